The van der Waals surface area contributed by atoms with Gasteiger partial charge in [-0.2, -0.15) is 0 Å². The lowest BCUT2D eigenvalue weighted by atomic mass is 10.1. The average molecular weight is 416 g/mol. The first-order valence-corrected chi connectivity index (χ1v) is 9.56. The molecule has 0 heterocycles. The van der Waals surface area contributed by atoms with Crippen molar-refractivity contribution in [1.29, 1.82) is 0 Å². The van der Waals surface area contributed by atoms with Crippen LogP contribution in [0, 0.1) is 6.92 Å². The summed E-state index contributed by atoms with van der Waals surface area (Å²) in [6.07, 6.45) is -4.86. The maximum absolute atomic E-state index is 12.8. The van der Waals surface area contributed by atoms with Crippen molar-refractivity contribution in [2.24, 2.45) is 0 Å². The molecular formula is C18H19F3N2O4S. The highest BCUT2D eigenvalue weighted by atomic mass is 32.2. The van der Waals surface area contributed by atoms with Gasteiger partial charge in [-0.05, 0) is 37.7 Å². The number of para-hydroxylation sites is 1. The SMILES string of the molecule is CNS(=O)(=O)c1ccc(C)c(C(=O)N(C)Cc2ccccc2OC(F)(F)F)c1. The van der Waals surface area contributed by atoms with Gasteiger partial charge >= 0.3 is 6.36 Å². The van der Waals surface area contributed by atoms with E-state index in [9.17, 15) is 26.4 Å². The molecule has 2 aromatic carbocycles. The van der Waals surface area contributed by atoms with Gasteiger partial charge in [0.15, 0.2) is 0 Å². The standard InChI is InChI=1S/C18H19F3N2O4S/c1-12-8-9-14(28(25,26)22-2)10-15(12)17(24)23(3)11-13-6-4-5-7-16(13)27-18(19,20)21/h4-10,22H,11H2,1-3H3. The largest absolute Gasteiger partial charge is 0.573 e. The van der Waals surface area contributed by atoms with E-state index in [4.69, 9.17) is 0 Å². The van der Waals surface area contributed by atoms with E-state index in [0.29, 0.717) is 5.56 Å². The fourth-order valence-electron chi connectivity index (χ4n) is 2.51. The molecule has 0 aliphatic rings. The topological polar surface area (TPSA) is 75.7 Å². The first-order chi connectivity index (χ1) is 12.9. The number of carbonyl (C=O) groups is 1. The molecule has 10 heteroatoms. The van der Waals surface area contributed by atoms with Gasteiger partial charge in [-0.15, -0.1) is 13.2 Å². The van der Waals surface area contributed by atoms with E-state index in [1.165, 1.54) is 55.4 Å². The number of benzene rings is 2. The number of halogens is 3. The van der Waals surface area contributed by atoms with E-state index >= 15 is 0 Å². The Labute approximate surface area is 161 Å². The Bertz CT molecular complexity index is 975. The van der Waals surface area contributed by atoms with Crippen LogP contribution < -0.4 is 9.46 Å². The smallest absolute Gasteiger partial charge is 0.405 e. The van der Waals surface area contributed by atoms with Crippen LogP contribution in [-0.4, -0.2) is 39.7 Å². The summed E-state index contributed by atoms with van der Waals surface area (Å²) in [5.74, 6) is -0.939. The monoisotopic (exact) mass is 416 g/mol. The number of hydrogen-bond donors (Lipinski definition) is 1. The maximum Gasteiger partial charge on any atom is 0.573 e. The predicted molar refractivity (Wildman–Crippen MR) is 96.3 cm³/mol. The second kappa shape index (κ2) is 8.19. The third-order valence-corrected chi connectivity index (χ3v) is 5.38. The zero-order valence-electron chi connectivity index (χ0n) is 15.4. The number of hydrogen-bond acceptors (Lipinski definition) is 4. The van der Waals surface area contributed by atoms with Crippen molar-refractivity contribution in [2.45, 2.75) is 24.7 Å². The number of sulfonamides is 1. The van der Waals surface area contributed by atoms with Crippen molar-refractivity contribution >= 4 is 15.9 Å². The van der Waals surface area contributed by atoms with Gasteiger partial charge in [-0.3, -0.25) is 4.79 Å². The minimum absolute atomic E-state index is 0.0850. The number of nitrogens with zero attached hydrogens (tertiary/aromatic N) is 1. The van der Waals surface area contributed by atoms with Crippen LogP contribution in [0.3, 0.4) is 0 Å². The maximum atomic E-state index is 12.8. The van der Waals surface area contributed by atoms with Crippen molar-refractivity contribution in [1.82, 2.24) is 9.62 Å². The molecule has 0 saturated carbocycles. The second-order valence-electron chi connectivity index (χ2n) is 6.00. The highest BCUT2D eigenvalue weighted by Gasteiger charge is 2.32. The van der Waals surface area contributed by atoms with Gasteiger partial charge in [0.25, 0.3) is 5.91 Å². The Morgan fingerprint density at radius 1 is 1.18 bits per heavy atom. The number of alkyl halides is 3. The molecule has 0 saturated heterocycles. The minimum atomic E-state index is -4.86. The molecule has 152 valence electrons. The van der Waals surface area contributed by atoms with Gasteiger partial charge in [0.2, 0.25) is 10.0 Å². The van der Waals surface area contributed by atoms with Crippen molar-refractivity contribution < 1.29 is 31.1 Å². The number of ether oxygens (including phenoxy) is 1. The molecule has 0 spiro atoms. The van der Waals surface area contributed by atoms with Crippen molar-refractivity contribution in [3.63, 3.8) is 0 Å². The molecule has 0 aliphatic carbocycles. The zero-order valence-corrected chi connectivity index (χ0v) is 16.2. The molecule has 0 unspecified atom stereocenters. The summed E-state index contributed by atoms with van der Waals surface area (Å²) in [4.78, 5) is 13.9. The molecule has 0 bridgehead atoms. The van der Waals surface area contributed by atoms with Crippen LogP contribution in [0.15, 0.2) is 47.4 Å². The highest BCUT2D eigenvalue weighted by Crippen LogP contribution is 2.27. The number of amides is 1. The summed E-state index contributed by atoms with van der Waals surface area (Å²) in [7, 11) is -1.09. The molecule has 0 atom stereocenters. The van der Waals surface area contributed by atoms with Gasteiger partial charge in [0.05, 0.1) is 4.90 Å². The Morgan fingerprint density at radius 2 is 1.82 bits per heavy atom. The molecule has 1 amide bonds. The first-order valence-electron chi connectivity index (χ1n) is 8.08. The molecule has 0 fully saturated rings. The molecular weight excluding hydrogens is 397 g/mol. The molecule has 1 N–H and O–H groups in total. The second-order valence-corrected chi connectivity index (χ2v) is 7.89. The zero-order chi connectivity index (χ0) is 21.1. The van der Waals surface area contributed by atoms with Crippen LogP contribution in [0.1, 0.15) is 21.5 Å². The van der Waals surface area contributed by atoms with Crippen LogP contribution in [0.2, 0.25) is 0 Å². The molecule has 0 aliphatic heterocycles. The molecule has 0 radical (unpaired) electrons. The number of aryl methyl sites for hydroxylation is 1. The number of rotatable bonds is 6. The fraction of sp³-hybridized carbons (Fsp3) is 0.278. The van der Waals surface area contributed by atoms with Gasteiger partial charge in [-0.1, -0.05) is 24.3 Å². The predicted octanol–water partition coefficient (Wildman–Crippen LogP) is 3.07. The lowest BCUT2D eigenvalue weighted by Crippen LogP contribution is -2.28. The summed E-state index contributed by atoms with van der Waals surface area (Å²) in [5.41, 5.74) is 0.826. The van der Waals surface area contributed by atoms with Crippen LogP contribution >= 0.6 is 0 Å². The van der Waals surface area contributed by atoms with Crippen molar-refractivity contribution in [3.8, 4) is 5.75 Å². The van der Waals surface area contributed by atoms with Crippen LogP contribution in [0.25, 0.3) is 0 Å². The van der Waals surface area contributed by atoms with E-state index < -0.39 is 28.0 Å². The molecule has 2 aromatic rings. The Kier molecular flexibility index (Phi) is 6.35. The number of carbonyl (C=O) groups excluding carboxylic acids is 1. The quantitative estimate of drug-likeness (QED) is 0.785. The summed E-state index contributed by atoms with van der Waals surface area (Å²) >= 11 is 0. The third kappa shape index (κ3) is 5.23. The lowest BCUT2D eigenvalue weighted by molar-refractivity contribution is -0.275. The van der Waals surface area contributed by atoms with E-state index in [1.54, 1.807) is 6.92 Å². The molecule has 0 aromatic heterocycles. The minimum Gasteiger partial charge on any atom is -0.405 e. The molecule has 6 nitrogen and oxygen atoms in total. The average Bonchev–Trinajstić information content (AvgIpc) is 2.61. The van der Waals surface area contributed by atoms with Crippen molar-refractivity contribution in [3.05, 3.63) is 59.2 Å². The lowest BCUT2D eigenvalue weighted by Gasteiger charge is -2.21. The summed E-state index contributed by atoms with van der Waals surface area (Å²) in [6.45, 7) is 1.48. The third-order valence-electron chi connectivity index (χ3n) is 3.97. The highest BCUT2D eigenvalue weighted by molar-refractivity contribution is 7.89. The van der Waals surface area contributed by atoms with E-state index in [2.05, 4.69) is 9.46 Å². The normalized spacial score (nSPS) is 11.9. The molecule has 2 rings (SSSR count). The summed E-state index contributed by atoms with van der Waals surface area (Å²) < 4.78 is 67.8. The first kappa shape index (κ1) is 21.7. The van der Waals surface area contributed by atoms with Crippen LogP contribution in [0.4, 0.5) is 13.2 Å². The van der Waals surface area contributed by atoms with Crippen LogP contribution in [0.5, 0.6) is 5.75 Å². The van der Waals surface area contributed by atoms with Gasteiger partial charge in [0, 0.05) is 24.7 Å². The molecule has 28 heavy (non-hydrogen) atoms. The summed E-state index contributed by atoms with van der Waals surface area (Å²) in [5, 5.41) is 0. The van der Waals surface area contributed by atoms with E-state index in [-0.39, 0.29) is 22.6 Å². The van der Waals surface area contributed by atoms with Gasteiger partial charge in [0.1, 0.15) is 5.75 Å². The fourth-order valence-corrected chi connectivity index (χ4v) is 3.26. The van der Waals surface area contributed by atoms with E-state index in [1.807, 2.05) is 0 Å². The number of nitrogens with one attached hydrogen (secondary N) is 1. The van der Waals surface area contributed by atoms with Gasteiger partial charge < -0.3 is 9.64 Å². The summed E-state index contributed by atoms with van der Waals surface area (Å²) in [6, 6.07) is 9.59. The Morgan fingerprint density at radius 3 is 2.43 bits per heavy atom. The van der Waals surface area contributed by atoms with Crippen LogP contribution in [-0.2, 0) is 16.6 Å². The Hall–Kier alpha value is -2.59. The van der Waals surface area contributed by atoms with Crippen molar-refractivity contribution in [2.75, 3.05) is 14.1 Å². The van der Waals surface area contributed by atoms with E-state index in [0.717, 1.165) is 6.07 Å². The van der Waals surface area contributed by atoms with Gasteiger partial charge in [-0.25, -0.2) is 13.1 Å². The Balaban J connectivity index is 2.31.